The van der Waals surface area contributed by atoms with Crippen molar-refractivity contribution in [1.82, 2.24) is 0 Å². The van der Waals surface area contributed by atoms with E-state index in [1.165, 1.54) is 18.2 Å². The third-order valence-electron chi connectivity index (χ3n) is 3.63. The first-order valence-corrected chi connectivity index (χ1v) is 10.3. The molecule has 30 heavy (non-hydrogen) atoms. The van der Waals surface area contributed by atoms with Crippen LogP contribution in [0.1, 0.15) is 19.8 Å². The Morgan fingerprint density at radius 3 is 2.40 bits per heavy atom. The number of carbonyl (C=O) groups excluding carboxylic acids is 1. The summed E-state index contributed by atoms with van der Waals surface area (Å²) in [5.41, 5.74) is -6.36. The molecule has 0 aliphatic rings. The lowest BCUT2D eigenvalue weighted by Crippen LogP contribution is -2.42. The Bertz CT molecular complexity index is 1010. The predicted molar refractivity (Wildman–Crippen MR) is 101 cm³/mol. The number of hydrogen-bond acceptors (Lipinski definition) is 5. The Morgan fingerprint density at radius 2 is 1.80 bits per heavy atom. The van der Waals surface area contributed by atoms with E-state index >= 15 is 0 Å². The van der Waals surface area contributed by atoms with Gasteiger partial charge in [0.1, 0.15) is 0 Å². The molecule has 0 bridgehead atoms. The molecule has 0 radical (unpaired) electrons. The average molecular weight is 470 g/mol. The fraction of sp³-hybridized carbons (Fsp3) is 0.278. The molecule has 164 valence electrons. The fourth-order valence-electron chi connectivity index (χ4n) is 2.22. The first-order valence-electron chi connectivity index (χ1n) is 8.44. The van der Waals surface area contributed by atoms with E-state index in [0.717, 1.165) is 24.3 Å². The minimum atomic E-state index is -6.00. The summed E-state index contributed by atoms with van der Waals surface area (Å²) in [5.74, 6) is -2.62. The number of anilines is 1. The number of nitrogens with zero attached hydrogens (tertiary/aromatic N) is 1. The molecule has 0 unspecified atom stereocenters. The number of carbonyl (C=O) groups is 1. The van der Waals surface area contributed by atoms with Gasteiger partial charge in [-0.1, -0.05) is 30.7 Å². The van der Waals surface area contributed by atoms with Gasteiger partial charge in [-0.15, -0.1) is 0 Å². The van der Waals surface area contributed by atoms with Gasteiger partial charge < -0.3 is 9.47 Å². The van der Waals surface area contributed by atoms with E-state index in [1.54, 1.807) is 6.92 Å². The number of rotatable bonds is 8. The van der Waals surface area contributed by atoms with Crippen molar-refractivity contribution in [3.63, 3.8) is 0 Å². The third-order valence-corrected chi connectivity index (χ3v) is 5.33. The van der Waals surface area contributed by atoms with E-state index < -0.39 is 45.5 Å². The van der Waals surface area contributed by atoms with Gasteiger partial charge in [0, 0.05) is 17.5 Å². The highest BCUT2D eigenvalue weighted by Crippen LogP contribution is 2.40. The number of alkyl halides is 3. The van der Waals surface area contributed by atoms with Crippen molar-refractivity contribution in [1.29, 1.82) is 0 Å². The number of esters is 1. The first-order chi connectivity index (χ1) is 14.0. The lowest BCUT2D eigenvalue weighted by molar-refractivity contribution is -0.143. The Morgan fingerprint density at radius 1 is 1.13 bits per heavy atom. The highest BCUT2D eigenvalue weighted by Gasteiger charge is 2.51. The van der Waals surface area contributed by atoms with Crippen LogP contribution in [0.5, 0.6) is 11.5 Å². The molecule has 2 aromatic rings. The molecule has 0 heterocycles. The fourth-order valence-corrected chi connectivity index (χ4v) is 3.24. The summed E-state index contributed by atoms with van der Waals surface area (Å²) in [6, 6.07) is 8.03. The number of hydrogen-bond donors (Lipinski definition) is 0. The van der Waals surface area contributed by atoms with Crippen molar-refractivity contribution in [2.75, 3.05) is 11.0 Å². The van der Waals surface area contributed by atoms with Crippen molar-refractivity contribution in [2.24, 2.45) is 0 Å². The maximum atomic E-state index is 13.9. The van der Waals surface area contributed by atoms with E-state index in [4.69, 9.17) is 16.3 Å². The standard InChI is InChI=1S/C18H16ClF4NO5S/c1-2-5-17(25)28-11-24(30(26,27)18(21,22)23)14-9-8-12(19)10-16(14)29-15-7-4-3-6-13(15)20/h3-4,6-10H,2,5,11H2,1H3. The summed E-state index contributed by atoms with van der Waals surface area (Å²) in [4.78, 5) is 11.6. The Balaban J connectivity index is 2.54. The molecule has 0 N–H and O–H groups in total. The minimum Gasteiger partial charge on any atom is -0.452 e. The molecule has 6 nitrogen and oxygen atoms in total. The van der Waals surface area contributed by atoms with Crippen LogP contribution in [0, 0.1) is 5.82 Å². The van der Waals surface area contributed by atoms with Crippen molar-refractivity contribution in [2.45, 2.75) is 25.3 Å². The predicted octanol–water partition coefficient (Wildman–Crippen LogP) is 5.23. The minimum absolute atomic E-state index is 0.0163. The maximum absolute atomic E-state index is 13.9. The monoisotopic (exact) mass is 469 g/mol. The SMILES string of the molecule is CCCC(=O)OCN(c1ccc(Cl)cc1Oc1ccccc1F)S(=O)(=O)C(F)(F)F. The number of benzene rings is 2. The largest absolute Gasteiger partial charge is 0.516 e. The summed E-state index contributed by atoms with van der Waals surface area (Å²) in [6.07, 6.45) is 0.215. The molecule has 0 fully saturated rings. The Kier molecular flexibility index (Phi) is 7.54. The number of halogens is 5. The van der Waals surface area contributed by atoms with Gasteiger partial charge in [-0.2, -0.15) is 21.6 Å². The van der Waals surface area contributed by atoms with Gasteiger partial charge in [0.05, 0.1) is 5.69 Å². The topological polar surface area (TPSA) is 72.9 Å². The molecule has 0 aromatic heterocycles. The molecule has 0 amide bonds. The van der Waals surface area contributed by atoms with Crippen LogP contribution in [0.4, 0.5) is 23.2 Å². The summed E-state index contributed by atoms with van der Waals surface area (Å²) in [6.45, 7) is 0.362. The van der Waals surface area contributed by atoms with Gasteiger partial charge in [0.2, 0.25) is 0 Å². The number of para-hydroxylation sites is 1. The smallest absolute Gasteiger partial charge is 0.452 e. The van der Waals surface area contributed by atoms with Crippen LogP contribution < -0.4 is 9.04 Å². The van der Waals surface area contributed by atoms with Crippen LogP contribution in [0.15, 0.2) is 42.5 Å². The normalized spacial score (nSPS) is 11.8. The van der Waals surface area contributed by atoms with E-state index in [2.05, 4.69) is 4.74 Å². The molecule has 0 saturated carbocycles. The average Bonchev–Trinajstić information content (AvgIpc) is 2.64. The molecule has 2 aromatic carbocycles. The second-order valence-corrected chi connectivity index (χ2v) is 8.13. The Hall–Kier alpha value is -2.53. The molecule has 0 atom stereocenters. The summed E-state index contributed by atoms with van der Waals surface area (Å²) >= 11 is 5.85. The van der Waals surface area contributed by atoms with E-state index in [-0.39, 0.29) is 21.5 Å². The highest BCUT2D eigenvalue weighted by atomic mass is 35.5. The lowest BCUT2D eigenvalue weighted by Gasteiger charge is -2.26. The quantitative estimate of drug-likeness (QED) is 0.301. The zero-order valence-electron chi connectivity index (χ0n) is 15.4. The van der Waals surface area contributed by atoms with Crippen molar-refractivity contribution < 1.29 is 40.2 Å². The van der Waals surface area contributed by atoms with E-state index in [0.29, 0.717) is 6.42 Å². The zero-order valence-corrected chi connectivity index (χ0v) is 17.0. The lowest BCUT2D eigenvalue weighted by atomic mass is 10.3. The number of sulfonamides is 1. The molecule has 0 saturated heterocycles. The van der Waals surface area contributed by atoms with Crippen molar-refractivity contribution in [3.05, 3.63) is 53.3 Å². The van der Waals surface area contributed by atoms with Crippen LogP contribution in [0.3, 0.4) is 0 Å². The third kappa shape index (κ3) is 5.54. The molecular weight excluding hydrogens is 454 g/mol. The maximum Gasteiger partial charge on any atom is 0.516 e. The van der Waals surface area contributed by atoms with Crippen LogP contribution in [0.2, 0.25) is 5.02 Å². The van der Waals surface area contributed by atoms with Gasteiger partial charge in [-0.05, 0) is 30.7 Å². The molecule has 12 heteroatoms. The van der Waals surface area contributed by atoms with E-state index in [1.807, 2.05) is 0 Å². The molecular formula is C18H16ClF4NO5S. The van der Waals surface area contributed by atoms with Crippen LogP contribution in [0.25, 0.3) is 0 Å². The molecule has 0 spiro atoms. The van der Waals surface area contributed by atoms with Gasteiger partial charge >= 0.3 is 21.5 Å². The number of ether oxygens (including phenoxy) is 2. The molecule has 0 aliphatic carbocycles. The zero-order chi connectivity index (χ0) is 22.5. The Labute approximate surface area is 175 Å². The first kappa shape index (κ1) is 23.7. The molecule has 0 aliphatic heterocycles. The highest BCUT2D eigenvalue weighted by molar-refractivity contribution is 7.93. The van der Waals surface area contributed by atoms with Crippen molar-refractivity contribution in [3.8, 4) is 11.5 Å². The second-order valence-electron chi connectivity index (χ2n) is 5.84. The van der Waals surface area contributed by atoms with Gasteiger partial charge in [0.15, 0.2) is 24.0 Å². The van der Waals surface area contributed by atoms with Crippen molar-refractivity contribution >= 4 is 33.3 Å². The van der Waals surface area contributed by atoms with Crippen LogP contribution >= 0.6 is 11.6 Å². The van der Waals surface area contributed by atoms with Crippen LogP contribution in [-0.4, -0.2) is 26.6 Å². The van der Waals surface area contributed by atoms with Gasteiger partial charge in [0.25, 0.3) is 0 Å². The second kappa shape index (κ2) is 9.52. The van der Waals surface area contributed by atoms with Gasteiger partial charge in [-0.25, -0.2) is 8.70 Å². The van der Waals surface area contributed by atoms with E-state index in [9.17, 15) is 30.8 Å². The summed E-state index contributed by atoms with van der Waals surface area (Å²) in [7, 11) is -6.00. The summed E-state index contributed by atoms with van der Waals surface area (Å²) in [5, 5.41) is -0.0163. The van der Waals surface area contributed by atoms with Gasteiger partial charge in [-0.3, -0.25) is 4.79 Å². The summed E-state index contributed by atoms with van der Waals surface area (Å²) < 4.78 is 87.7. The molecule has 2 rings (SSSR count). The van der Waals surface area contributed by atoms with Crippen LogP contribution in [-0.2, 0) is 19.6 Å².